The van der Waals surface area contributed by atoms with Gasteiger partial charge >= 0.3 is 29.6 Å². The molecule has 0 saturated carbocycles. The van der Waals surface area contributed by atoms with Crippen LogP contribution in [-0.2, 0) is 24.0 Å². The molecule has 26 heavy (non-hydrogen) atoms. The molecule has 154 valence electrons. The maximum absolute atomic E-state index is 9.00. The molecule has 0 aromatic heterocycles. The van der Waals surface area contributed by atoms with Crippen LogP contribution < -0.4 is 5.32 Å². The Morgan fingerprint density at radius 2 is 0.615 bits per heavy atom. The molecule has 0 aliphatic rings. The number of aliphatic carboxylic acids is 5. The number of hydrogen-bond acceptors (Lipinski definition) is 6. The molecule has 0 amide bonds. The van der Waals surface area contributed by atoms with E-state index in [4.69, 9.17) is 49.5 Å². The molecule has 0 aliphatic heterocycles. The van der Waals surface area contributed by atoms with Crippen molar-refractivity contribution in [3.63, 3.8) is 0 Å². The van der Waals surface area contributed by atoms with Crippen molar-refractivity contribution in [1.29, 1.82) is 0 Å². The van der Waals surface area contributed by atoms with Crippen LogP contribution in [0.25, 0.3) is 0 Å². The second kappa shape index (κ2) is 43.6. The quantitative estimate of drug-likeness (QED) is 0.353. The second-order valence-corrected chi connectivity index (χ2v) is 3.55. The fraction of sp³-hybridized carbons (Fsp3) is 0.643. The Balaban J connectivity index is -0.0000000331. The van der Waals surface area contributed by atoms with Gasteiger partial charge in [0, 0.05) is 34.6 Å². The van der Waals surface area contributed by atoms with Crippen molar-refractivity contribution < 1.29 is 49.5 Å². The molecule has 0 unspecified atom stereocenters. The molecule has 6 N–H and O–H groups in total. The topological polar surface area (TPSA) is 199 Å². The van der Waals surface area contributed by atoms with Gasteiger partial charge < -0.3 is 30.8 Å². The van der Waals surface area contributed by atoms with Gasteiger partial charge in [0.25, 0.3) is 29.8 Å². The van der Waals surface area contributed by atoms with E-state index in [9.17, 15) is 0 Å². The average Bonchev–Trinajstić information content (AvgIpc) is 2.25. The van der Waals surface area contributed by atoms with Gasteiger partial charge in [-0.05, 0) is 13.1 Å². The van der Waals surface area contributed by atoms with Crippen LogP contribution in [0, 0.1) is 0 Å². The summed E-state index contributed by atoms with van der Waals surface area (Å²) in [4.78, 5) is 45.0. The van der Waals surface area contributed by atoms with Gasteiger partial charge in [-0.1, -0.05) is 13.8 Å². The number of carbonyl (C=O) groups is 5. The van der Waals surface area contributed by atoms with Gasteiger partial charge in [0.15, 0.2) is 0 Å². The van der Waals surface area contributed by atoms with Gasteiger partial charge in [0.2, 0.25) is 0 Å². The van der Waals surface area contributed by atoms with Crippen LogP contribution in [0.5, 0.6) is 0 Å². The summed E-state index contributed by atoms with van der Waals surface area (Å²) >= 11 is 0. The average molecular weight is 397 g/mol. The fourth-order valence-corrected chi connectivity index (χ4v) is 0.250. The van der Waals surface area contributed by atoms with Gasteiger partial charge in [-0.3, -0.25) is 24.0 Å². The maximum atomic E-state index is 9.00. The van der Waals surface area contributed by atoms with E-state index >= 15 is 0 Å². The van der Waals surface area contributed by atoms with Crippen molar-refractivity contribution in [1.82, 2.24) is 5.32 Å². The normalized spacial score (nSPS) is 6.42. The first-order valence-electron chi connectivity index (χ1n) is 6.76. The zero-order valence-corrected chi connectivity index (χ0v) is 15.7. The van der Waals surface area contributed by atoms with E-state index < -0.39 is 29.8 Å². The molecule has 0 bridgehead atoms. The Labute approximate surface area is 175 Å². The number of carboxylic acids is 5. The van der Waals surface area contributed by atoms with Crippen LogP contribution in [0.2, 0.25) is 0 Å². The Morgan fingerprint density at radius 3 is 0.615 bits per heavy atom. The molecular weight excluding hydrogens is 365 g/mol. The van der Waals surface area contributed by atoms with E-state index in [-0.39, 0.29) is 29.6 Å². The van der Waals surface area contributed by atoms with Gasteiger partial charge in [-0.15, -0.1) is 0 Å². The van der Waals surface area contributed by atoms with Crippen molar-refractivity contribution in [3.05, 3.63) is 0 Å². The third kappa shape index (κ3) is 105000. The van der Waals surface area contributed by atoms with Crippen molar-refractivity contribution >= 4 is 59.4 Å². The summed E-state index contributed by atoms with van der Waals surface area (Å²) in [5, 5.41) is 40.2. The number of nitrogens with one attached hydrogen (secondary N) is 1. The van der Waals surface area contributed by atoms with Gasteiger partial charge in [0.05, 0.1) is 0 Å². The molecule has 0 radical (unpaired) electrons. The summed E-state index contributed by atoms with van der Waals surface area (Å²) in [6.45, 7) is 11.8. The first-order valence-corrected chi connectivity index (χ1v) is 6.76. The van der Waals surface area contributed by atoms with Crippen molar-refractivity contribution in [2.75, 3.05) is 13.1 Å². The minimum absolute atomic E-state index is 0. The van der Waals surface area contributed by atoms with Gasteiger partial charge in [0.1, 0.15) is 0 Å². The zero-order chi connectivity index (χ0) is 22.0. The van der Waals surface area contributed by atoms with Crippen LogP contribution in [-0.4, -0.2) is 98.0 Å². The zero-order valence-electron chi connectivity index (χ0n) is 15.7. The molecular formula is C14H32NNaO10. The van der Waals surface area contributed by atoms with Crippen LogP contribution in [0.15, 0.2) is 0 Å². The predicted molar refractivity (Wildman–Crippen MR) is 97.9 cm³/mol. The van der Waals surface area contributed by atoms with Crippen molar-refractivity contribution in [2.24, 2.45) is 0 Å². The van der Waals surface area contributed by atoms with Gasteiger partial charge in [-0.2, -0.15) is 0 Å². The summed E-state index contributed by atoms with van der Waals surface area (Å²) in [7, 11) is 0. The monoisotopic (exact) mass is 397 g/mol. The number of hydrogen-bond donors (Lipinski definition) is 6. The standard InChI is InChI=1S/C4H11N.5C2H4O2.Na.H/c1-3-5-4-2;5*1-2(3)4;;/h5H,3-4H2,1-2H3;5*1H3,(H,3,4);;. The molecule has 0 spiro atoms. The first-order chi connectivity index (χ1) is 11.1. The molecule has 0 saturated heterocycles. The van der Waals surface area contributed by atoms with Crippen LogP contribution in [0.4, 0.5) is 0 Å². The Bertz CT molecular complexity index is 257. The van der Waals surface area contributed by atoms with Crippen molar-refractivity contribution in [2.45, 2.75) is 48.5 Å². The molecule has 0 aromatic rings. The first kappa shape index (κ1) is 44.1. The Hall–Kier alpha value is -1.69. The minimum atomic E-state index is -0.833. The fourth-order valence-electron chi connectivity index (χ4n) is 0.250. The van der Waals surface area contributed by atoms with Crippen LogP contribution in [0.1, 0.15) is 48.5 Å². The van der Waals surface area contributed by atoms with Crippen LogP contribution >= 0.6 is 0 Å². The summed E-state index contributed by atoms with van der Waals surface area (Å²) in [6, 6.07) is 0. The molecule has 11 nitrogen and oxygen atoms in total. The molecule has 0 atom stereocenters. The molecule has 12 heteroatoms. The third-order valence-electron chi connectivity index (χ3n) is 0.500. The Kier molecular flexibility index (Phi) is 73.9. The van der Waals surface area contributed by atoms with Crippen LogP contribution in [0.3, 0.4) is 0 Å². The summed E-state index contributed by atoms with van der Waals surface area (Å²) in [5.74, 6) is -4.17. The van der Waals surface area contributed by atoms with Crippen molar-refractivity contribution in [3.8, 4) is 0 Å². The van der Waals surface area contributed by atoms with E-state index in [1.807, 2.05) is 0 Å². The van der Waals surface area contributed by atoms with E-state index in [0.717, 1.165) is 47.7 Å². The summed E-state index contributed by atoms with van der Waals surface area (Å²) < 4.78 is 0. The van der Waals surface area contributed by atoms with E-state index in [0.29, 0.717) is 0 Å². The molecule has 0 fully saturated rings. The predicted octanol–water partition coefficient (Wildman–Crippen LogP) is 0.422. The molecule has 0 rings (SSSR count). The number of carboxylic acid groups (broad SMARTS) is 5. The molecule has 0 aromatic carbocycles. The second-order valence-electron chi connectivity index (χ2n) is 3.55. The SMILES string of the molecule is CC(=O)O.CC(=O)O.CC(=O)O.CC(=O)O.CC(=O)O.CCNCC.[NaH]. The molecule has 0 aliphatic carbocycles. The van der Waals surface area contributed by atoms with E-state index in [1.165, 1.54) is 0 Å². The number of rotatable bonds is 2. The van der Waals surface area contributed by atoms with Gasteiger partial charge in [-0.25, -0.2) is 0 Å². The van der Waals surface area contributed by atoms with E-state index in [1.54, 1.807) is 0 Å². The third-order valence-corrected chi connectivity index (χ3v) is 0.500. The summed E-state index contributed by atoms with van der Waals surface area (Å²) in [5.41, 5.74) is 0. The van der Waals surface area contributed by atoms with E-state index in [2.05, 4.69) is 19.2 Å². The summed E-state index contributed by atoms with van der Waals surface area (Å²) in [6.07, 6.45) is 0. The Morgan fingerprint density at radius 1 is 0.538 bits per heavy atom. The molecule has 0 heterocycles.